The van der Waals surface area contributed by atoms with Crippen LogP contribution in [0.3, 0.4) is 0 Å². The van der Waals surface area contributed by atoms with Gasteiger partial charge in [0, 0.05) is 0 Å². The number of hydrogen-bond donors (Lipinski definition) is 3. The molecule has 0 aromatic heterocycles. The third-order valence-electron chi connectivity index (χ3n) is 1.53. The van der Waals surface area contributed by atoms with Gasteiger partial charge < -0.3 is 11.1 Å². The van der Waals surface area contributed by atoms with Crippen molar-refractivity contribution in [3.05, 3.63) is 35.9 Å². The Labute approximate surface area is 90.7 Å². The van der Waals surface area contributed by atoms with Gasteiger partial charge in [0.25, 0.3) is 0 Å². The number of aryl methyl sites for hydroxylation is 1. The van der Waals surface area contributed by atoms with E-state index >= 15 is 0 Å². The standard InChI is InChI=1S/C7H8.C4H10N4/c1-7-5-3-2-4-6-7;1-7-2-4(6)8-3-5/h2-6H,1H3;3,7H,2H2,1H3,(H3,5,6,8). The van der Waals surface area contributed by atoms with E-state index in [2.05, 4.69) is 29.4 Å². The lowest BCUT2D eigenvalue weighted by molar-refractivity contribution is 0.941. The van der Waals surface area contributed by atoms with Gasteiger partial charge in [-0.2, -0.15) is 0 Å². The molecule has 4 nitrogen and oxygen atoms in total. The first-order chi connectivity index (χ1) is 7.20. The summed E-state index contributed by atoms with van der Waals surface area (Å²) in [5.41, 5.74) is 6.55. The number of amidine groups is 1. The molecule has 0 aliphatic rings. The molecule has 0 saturated heterocycles. The lowest BCUT2D eigenvalue weighted by Gasteiger charge is -1.92. The summed E-state index contributed by atoms with van der Waals surface area (Å²) >= 11 is 0. The summed E-state index contributed by atoms with van der Waals surface area (Å²) in [4.78, 5) is 3.49. The highest BCUT2D eigenvalue weighted by Crippen LogP contribution is 1.92. The van der Waals surface area contributed by atoms with Crippen LogP contribution in [0.5, 0.6) is 0 Å². The summed E-state index contributed by atoms with van der Waals surface area (Å²) in [6.07, 6.45) is 0.923. The molecule has 0 heterocycles. The molecule has 0 aliphatic heterocycles. The maximum Gasteiger partial charge on any atom is 0.115 e. The van der Waals surface area contributed by atoms with Gasteiger partial charge in [0.15, 0.2) is 0 Å². The second kappa shape index (κ2) is 8.90. The van der Waals surface area contributed by atoms with Crippen molar-refractivity contribution < 1.29 is 0 Å². The zero-order valence-corrected chi connectivity index (χ0v) is 9.20. The van der Waals surface area contributed by atoms with Gasteiger partial charge in [-0.1, -0.05) is 35.9 Å². The highest BCUT2D eigenvalue weighted by atomic mass is 14.9. The van der Waals surface area contributed by atoms with Crippen LogP contribution in [0.4, 0.5) is 0 Å². The molecule has 0 saturated carbocycles. The second-order valence-electron chi connectivity index (χ2n) is 2.93. The Bertz CT molecular complexity index is 293. The van der Waals surface area contributed by atoms with E-state index < -0.39 is 0 Å². The molecule has 1 aromatic carbocycles. The fraction of sp³-hybridized carbons (Fsp3) is 0.273. The van der Waals surface area contributed by atoms with Crippen LogP contribution in [0.1, 0.15) is 5.56 Å². The summed E-state index contributed by atoms with van der Waals surface area (Å²) < 4.78 is 0. The van der Waals surface area contributed by atoms with E-state index in [9.17, 15) is 0 Å². The summed E-state index contributed by atoms with van der Waals surface area (Å²) in [7, 11) is 1.77. The molecule has 1 aromatic rings. The molecule has 4 N–H and O–H groups in total. The van der Waals surface area contributed by atoms with Gasteiger partial charge in [0.05, 0.1) is 6.54 Å². The van der Waals surface area contributed by atoms with E-state index in [1.165, 1.54) is 5.56 Å². The van der Waals surface area contributed by atoms with E-state index in [-0.39, 0.29) is 0 Å². The number of nitrogens with one attached hydrogen (secondary N) is 2. The van der Waals surface area contributed by atoms with Crippen molar-refractivity contribution in [3.63, 3.8) is 0 Å². The molecule has 15 heavy (non-hydrogen) atoms. The van der Waals surface area contributed by atoms with Gasteiger partial charge in [-0.15, -0.1) is 0 Å². The minimum Gasteiger partial charge on any atom is -0.386 e. The molecule has 0 atom stereocenters. The number of aliphatic imine (C=N–C) groups is 1. The molecule has 0 amide bonds. The maximum atomic E-state index is 6.49. The highest BCUT2D eigenvalue weighted by Gasteiger charge is 1.82. The first-order valence-electron chi connectivity index (χ1n) is 4.68. The first kappa shape index (κ1) is 13.3. The molecule has 0 aliphatic carbocycles. The zero-order chi connectivity index (χ0) is 11.5. The van der Waals surface area contributed by atoms with Crippen molar-refractivity contribution in [2.24, 2.45) is 10.7 Å². The van der Waals surface area contributed by atoms with Crippen LogP contribution in [-0.4, -0.2) is 25.8 Å². The molecular weight excluding hydrogens is 188 g/mol. The maximum absolute atomic E-state index is 6.49. The van der Waals surface area contributed by atoms with Gasteiger partial charge in [-0.3, -0.25) is 5.41 Å². The minimum absolute atomic E-state index is 0.433. The number of rotatable bonds is 3. The Hall–Kier alpha value is -1.68. The Balaban J connectivity index is 0.000000262. The summed E-state index contributed by atoms with van der Waals surface area (Å²) in [6.45, 7) is 2.62. The average Bonchev–Trinajstić information content (AvgIpc) is 2.20. The fourth-order valence-electron chi connectivity index (χ4n) is 0.844. The highest BCUT2D eigenvalue weighted by molar-refractivity contribution is 5.88. The van der Waals surface area contributed by atoms with Gasteiger partial charge in [0.1, 0.15) is 12.2 Å². The van der Waals surface area contributed by atoms with E-state index in [0.717, 1.165) is 6.34 Å². The molecule has 1 rings (SSSR count). The third-order valence-corrected chi connectivity index (χ3v) is 1.53. The van der Waals surface area contributed by atoms with E-state index in [1.807, 2.05) is 18.2 Å². The van der Waals surface area contributed by atoms with E-state index in [4.69, 9.17) is 11.1 Å². The Morgan fingerprint density at radius 2 is 2.07 bits per heavy atom. The van der Waals surface area contributed by atoms with Crippen LogP contribution in [-0.2, 0) is 0 Å². The molecule has 82 valence electrons. The van der Waals surface area contributed by atoms with Crippen molar-refractivity contribution in [1.82, 2.24) is 5.32 Å². The second-order valence-corrected chi connectivity index (χ2v) is 2.93. The molecule has 4 heteroatoms. The van der Waals surface area contributed by atoms with Crippen LogP contribution in [0.25, 0.3) is 0 Å². The van der Waals surface area contributed by atoms with Crippen molar-refractivity contribution in [2.45, 2.75) is 6.92 Å². The lowest BCUT2D eigenvalue weighted by atomic mass is 10.2. The molecular formula is C11H18N4. The largest absolute Gasteiger partial charge is 0.386 e. The van der Waals surface area contributed by atoms with Gasteiger partial charge >= 0.3 is 0 Å². The average molecular weight is 206 g/mol. The Morgan fingerprint density at radius 3 is 2.40 bits per heavy atom. The normalized spacial score (nSPS) is 10.1. The summed E-state index contributed by atoms with van der Waals surface area (Å²) in [5, 5.41) is 9.28. The molecule has 0 radical (unpaired) electrons. The van der Waals surface area contributed by atoms with Gasteiger partial charge in [-0.25, -0.2) is 4.99 Å². The molecule has 0 fully saturated rings. The SMILES string of the molecule is CNCC(N)=NC=N.Cc1ccccc1. The van der Waals surface area contributed by atoms with Gasteiger partial charge in [-0.05, 0) is 14.0 Å². The predicted molar refractivity (Wildman–Crippen MR) is 65.5 cm³/mol. The quantitative estimate of drug-likeness (QED) is 0.513. The van der Waals surface area contributed by atoms with E-state index in [1.54, 1.807) is 7.05 Å². The van der Waals surface area contributed by atoms with Crippen molar-refractivity contribution >= 4 is 12.2 Å². The zero-order valence-electron chi connectivity index (χ0n) is 9.20. The van der Waals surface area contributed by atoms with Crippen LogP contribution >= 0.6 is 0 Å². The van der Waals surface area contributed by atoms with Crippen LogP contribution in [0.15, 0.2) is 35.3 Å². The smallest absolute Gasteiger partial charge is 0.115 e. The van der Waals surface area contributed by atoms with Crippen LogP contribution in [0.2, 0.25) is 0 Å². The summed E-state index contributed by atoms with van der Waals surface area (Å²) in [5.74, 6) is 0.433. The molecule has 0 bridgehead atoms. The Kier molecular flexibility index (Phi) is 7.90. The summed E-state index contributed by atoms with van der Waals surface area (Å²) in [6, 6.07) is 10.3. The monoisotopic (exact) mass is 206 g/mol. The van der Waals surface area contributed by atoms with Crippen molar-refractivity contribution in [1.29, 1.82) is 5.41 Å². The van der Waals surface area contributed by atoms with Crippen molar-refractivity contribution in [3.8, 4) is 0 Å². The van der Waals surface area contributed by atoms with Crippen LogP contribution < -0.4 is 11.1 Å². The molecule has 0 unspecified atom stereocenters. The number of hydrogen-bond acceptors (Lipinski definition) is 2. The minimum atomic E-state index is 0.433. The number of nitrogens with zero attached hydrogens (tertiary/aromatic N) is 1. The molecule has 0 spiro atoms. The number of benzene rings is 1. The van der Waals surface area contributed by atoms with Crippen LogP contribution in [0, 0.1) is 12.3 Å². The fourth-order valence-corrected chi connectivity index (χ4v) is 0.844. The number of nitrogens with two attached hydrogens (primary N) is 1. The lowest BCUT2D eigenvalue weighted by Crippen LogP contribution is -2.26. The Morgan fingerprint density at radius 1 is 1.47 bits per heavy atom. The topological polar surface area (TPSA) is 74.3 Å². The number of likely N-dealkylation sites (N-methyl/N-ethyl adjacent to an activating group) is 1. The van der Waals surface area contributed by atoms with Crippen molar-refractivity contribution in [2.75, 3.05) is 13.6 Å². The first-order valence-corrected chi connectivity index (χ1v) is 4.68. The predicted octanol–water partition coefficient (Wildman–Crippen LogP) is 1.17. The third kappa shape index (κ3) is 8.64. The van der Waals surface area contributed by atoms with Gasteiger partial charge in [0.2, 0.25) is 0 Å². The van der Waals surface area contributed by atoms with E-state index in [0.29, 0.717) is 12.4 Å².